The molecule has 5 atom stereocenters. The van der Waals surface area contributed by atoms with Crippen molar-refractivity contribution in [2.75, 3.05) is 32.9 Å². The number of nitrogens with one attached hydrogen (secondary N) is 4. The highest BCUT2D eigenvalue weighted by atomic mass is 16.5. The predicted molar refractivity (Wildman–Crippen MR) is 221 cm³/mol. The molecule has 8 N–H and O–H groups in total. The molecule has 0 unspecified atom stereocenters. The standard InChI is InChI=1S/C44H50N8O8/c45-32-21-28-14-16-29(17-15-28)60-20-7-6-19-59-26-36(50-41(55)34(49-40(32)54)22-27-9-2-1-3-10-27)43(57)51-18-8-13-37(51)44(58)52-25-35-31(30-11-4-5-12-33(30)48-35)23-38(52)42(56)47-24-39(46)53/h1-7,9-12,14-17,32,34,36-38,48H,8,13,18-26,45H2,(H2,46,53)(H,47,56)(H,49,54)(H,50,55)/b7-6-/t32-,34-,36-,37-,38-/m0/s1. The van der Waals surface area contributed by atoms with Crippen LogP contribution >= 0.6 is 0 Å². The van der Waals surface area contributed by atoms with Crippen molar-refractivity contribution in [2.24, 2.45) is 11.5 Å². The third-order valence-electron chi connectivity index (χ3n) is 11.1. The van der Waals surface area contributed by atoms with Crippen LogP contribution in [0.5, 0.6) is 5.75 Å². The Morgan fingerprint density at radius 1 is 0.817 bits per heavy atom. The maximum absolute atomic E-state index is 14.7. The monoisotopic (exact) mass is 818 g/mol. The van der Waals surface area contributed by atoms with Gasteiger partial charge in [-0.3, -0.25) is 28.8 Å². The fourth-order valence-corrected chi connectivity index (χ4v) is 8.03. The molecule has 1 saturated heterocycles. The van der Waals surface area contributed by atoms with Crippen molar-refractivity contribution >= 4 is 46.3 Å². The summed E-state index contributed by atoms with van der Waals surface area (Å²) >= 11 is 0. The van der Waals surface area contributed by atoms with Crippen molar-refractivity contribution < 1.29 is 38.2 Å². The molecule has 4 aliphatic rings. The van der Waals surface area contributed by atoms with E-state index in [1.165, 1.54) is 9.80 Å². The highest BCUT2D eigenvalue weighted by Crippen LogP contribution is 2.32. The molecule has 4 aliphatic heterocycles. The van der Waals surface area contributed by atoms with Gasteiger partial charge in [-0.2, -0.15) is 0 Å². The highest BCUT2D eigenvalue weighted by molar-refractivity contribution is 5.98. The van der Waals surface area contributed by atoms with E-state index in [-0.39, 0.29) is 52.2 Å². The molecular formula is C44H50N8O8. The van der Waals surface area contributed by atoms with Crippen molar-refractivity contribution in [1.82, 2.24) is 30.7 Å². The van der Waals surface area contributed by atoms with Crippen LogP contribution in [-0.2, 0) is 59.3 Å². The van der Waals surface area contributed by atoms with Crippen LogP contribution in [0.15, 0.2) is 91.0 Å². The van der Waals surface area contributed by atoms with E-state index in [9.17, 15) is 28.8 Å². The van der Waals surface area contributed by atoms with Crippen LogP contribution in [0, 0.1) is 0 Å². The Hall–Kier alpha value is -6.52. The number of aromatic amines is 1. The lowest BCUT2D eigenvalue weighted by atomic mass is 9.95. The number of carbonyl (C=O) groups excluding carboxylic acids is 6. The molecule has 1 fully saturated rings. The van der Waals surface area contributed by atoms with Gasteiger partial charge in [0.25, 0.3) is 0 Å². The van der Waals surface area contributed by atoms with Gasteiger partial charge in [0.2, 0.25) is 35.4 Å². The number of amides is 6. The number of benzene rings is 3. The number of ether oxygens (including phenoxy) is 2. The second-order valence-corrected chi connectivity index (χ2v) is 15.3. The molecule has 0 spiro atoms. The number of likely N-dealkylation sites (tertiary alicyclic amines) is 1. The predicted octanol–water partition coefficient (Wildman–Crippen LogP) is 0.761. The molecule has 8 rings (SSSR count). The number of nitrogens with two attached hydrogens (primary N) is 2. The highest BCUT2D eigenvalue weighted by Gasteiger charge is 2.44. The molecule has 0 radical (unpaired) electrons. The van der Waals surface area contributed by atoms with Gasteiger partial charge in [0.1, 0.15) is 36.5 Å². The Morgan fingerprint density at radius 2 is 1.57 bits per heavy atom. The van der Waals surface area contributed by atoms with Gasteiger partial charge in [-0.15, -0.1) is 0 Å². The molecule has 60 heavy (non-hydrogen) atoms. The zero-order valence-electron chi connectivity index (χ0n) is 33.1. The van der Waals surface area contributed by atoms with Crippen LogP contribution in [0.25, 0.3) is 10.9 Å². The van der Waals surface area contributed by atoms with E-state index >= 15 is 0 Å². The van der Waals surface area contributed by atoms with E-state index in [4.69, 9.17) is 20.9 Å². The third kappa shape index (κ3) is 9.84. The summed E-state index contributed by atoms with van der Waals surface area (Å²) in [5.41, 5.74) is 15.8. The van der Waals surface area contributed by atoms with E-state index in [0.717, 1.165) is 33.3 Å². The first kappa shape index (κ1) is 41.6. The van der Waals surface area contributed by atoms with Crippen LogP contribution in [-0.4, -0.2) is 113 Å². The lowest BCUT2D eigenvalue weighted by molar-refractivity contribution is -0.151. The van der Waals surface area contributed by atoms with E-state index in [2.05, 4.69) is 20.9 Å². The van der Waals surface area contributed by atoms with Crippen LogP contribution < -0.4 is 32.2 Å². The van der Waals surface area contributed by atoms with E-state index < -0.39 is 72.2 Å². The lowest BCUT2D eigenvalue weighted by Crippen LogP contribution is -2.61. The molecule has 0 aliphatic carbocycles. The van der Waals surface area contributed by atoms with Crippen molar-refractivity contribution in [1.29, 1.82) is 0 Å². The molecule has 2 bridgehead atoms. The van der Waals surface area contributed by atoms with Crippen LogP contribution in [0.4, 0.5) is 0 Å². The minimum atomic E-state index is -1.26. The van der Waals surface area contributed by atoms with E-state index in [1.54, 1.807) is 24.3 Å². The summed E-state index contributed by atoms with van der Waals surface area (Å²) in [7, 11) is 0. The summed E-state index contributed by atoms with van der Waals surface area (Å²) in [6, 6.07) is 18.7. The number of para-hydroxylation sites is 1. The van der Waals surface area contributed by atoms with E-state index in [0.29, 0.717) is 18.6 Å². The minimum Gasteiger partial charge on any atom is -0.490 e. The summed E-state index contributed by atoms with van der Waals surface area (Å²) in [4.78, 5) is 88.6. The van der Waals surface area contributed by atoms with Gasteiger partial charge in [-0.05, 0) is 60.2 Å². The maximum atomic E-state index is 14.7. The Balaban J connectivity index is 1.14. The summed E-state index contributed by atoms with van der Waals surface area (Å²) in [5, 5.41) is 9.13. The first-order valence-electron chi connectivity index (χ1n) is 20.2. The smallest absolute Gasteiger partial charge is 0.248 e. The van der Waals surface area contributed by atoms with Crippen molar-refractivity contribution in [2.45, 2.75) is 68.9 Å². The number of primary amides is 1. The summed E-state index contributed by atoms with van der Waals surface area (Å²) in [6.07, 6.45) is 4.80. The largest absolute Gasteiger partial charge is 0.490 e. The zero-order valence-corrected chi connectivity index (χ0v) is 33.1. The first-order chi connectivity index (χ1) is 29.0. The van der Waals surface area contributed by atoms with Crippen LogP contribution in [0.3, 0.4) is 0 Å². The Kier molecular flexibility index (Phi) is 13.2. The van der Waals surface area contributed by atoms with Gasteiger partial charge >= 0.3 is 0 Å². The molecule has 6 amide bonds. The van der Waals surface area contributed by atoms with Crippen LogP contribution in [0.1, 0.15) is 35.2 Å². The van der Waals surface area contributed by atoms with Gasteiger partial charge in [-0.25, -0.2) is 0 Å². The van der Waals surface area contributed by atoms with Crippen molar-refractivity contribution in [3.05, 3.63) is 113 Å². The number of aromatic nitrogens is 1. The SMILES string of the molecule is NC(=O)CNC(=O)[C@@H]1Cc2c([nH]c3ccccc23)CN1C(=O)[C@@H]1CCCN1C(=O)[C@@H]1COC/C=C\COc2ccc(cc2)C[C@H](N)C(=O)N[C@@H](Cc2ccccc2)C(=O)N1. The Bertz CT molecular complexity index is 2240. The van der Waals surface area contributed by atoms with Gasteiger partial charge in [0.05, 0.1) is 32.3 Å². The van der Waals surface area contributed by atoms with Crippen molar-refractivity contribution in [3.63, 3.8) is 0 Å². The summed E-state index contributed by atoms with van der Waals surface area (Å²) < 4.78 is 11.7. The van der Waals surface area contributed by atoms with Gasteiger partial charge in [0.15, 0.2) is 0 Å². The molecular weight excluding hydrogens is 769 g/mol. The number of H-pyrrole nitrogens is 1. The molecule has 5 heterocycles. The Morgan fingerprint density at radius 3 is 2.35 bits per heavy atom. The zero-order chi connectivity index (χ0) is 42.2. The normalized spacial score (nSPS) is 23.2. The lowest BCUT2D eigenvalue weighted by Gasteiger charge is -2.38. The van der Waals surface area contributed by atoms with Crippen molar-refractivity contribution in [3.8, 4) is 5.75 Å². The molecule has 314 valence electrons. The maximum Gasteiger partial charge on any atom is 0.248 e. The quantitative estimate of drug-likeness (QED) is 0.114. The second-order valence-electron chi connectivity index (χ2n) is 15.3. The molecule has 3 aromatic carbocycles. The average molecular weight is 819 g/mol. The number of hydrogen-bond donors (Lipinski definition) is 6. The molecule has 4 aromatic rings. The second kappa shape index (κ2) is 19.0. The first-order valence-corrected chi connectivity index (χ1v) is 20.2. The fraction of sp³-hybridized carbons (Fsp3) is 0.364. The average Bonchev–Trinajstić information content (AvgIpc) is 3.89. The summed E-state index contributed by atoms with van der Waals surface area (Å²) in [5.74, 6) is -2.84. The Labute approximate surface area is 347 Å². The van der Waals surface area contributed by atoms with Gasteiger partial charge < -0.3 is 51.7 Å². The van der Waals surface area contributed by atoms with Gasteiger partial charge in [-0.1, -0.05) is 66.7 Å². The number of fused-ring (bicyclic) bond motifs is 18. The molecule has 16 nitrogen and oxygen atoms in total. The fourth-order valence-electron chi connectivity index (χ4n) is 8.03. The number of nitrogens with zero attached hydrogens (tertiary/aromatic N) is 2. The van der Waals surface area contributed by atoms with Gasteiger partial charge in [0, 0.05) is 36.0 Å². The molecule has 16 heteroatoms. The molecule has 0 saturated carbocycles. The van der Waals surface area contributed by atoms with E-state index in [1.807, 2.05) is 66.7 Å². The number of rotatable bonds is 7. The van der Waals surface area contributed by atoms with Crippen LogP contribution in [0.2, 0.25) is 0 Å². The molecule has 1 aromatic heterocycles. The third-order valence-corrected chi connectivity index (χ3v) is 11.1. The number of carbonyl (C=O) groups is 6. The summed E-state index contributed by atoms with van der Waals surface area (Å²) in [6.45, 7) is -0.0435. The minimum absolute atomic E-state index is 0.0585. The number of hydrogen-bond acceptors (Lipinski definition) is 9. The topological polar surface area (TPSA) is 231 Å².